The summed E-state index contributed by atoms with van der Waals surface area (Å²) in [6.07, 6.45) is -2.86. The third-order valence-corrected chi connectivity index (χ3v) is 5.76. The summed E-state index contributed by atoms with van der Waals surface area (Å²) in [4.78, 5) is 0. The number of alkyl halides is 3. The van der Waals surface area contributed by atoms with E-state index in [9.17, 15) is 13.2 Å². The van der Waals surface area contributed by atoms with Crippen molar-refractivity contribution in [1.29, 1.82) is 0 Å². The first-order chi connectivity index (χ1) is 15.8. The van der Waals surface area contributed by atoms with Gasteiger partial charge in [-0.25, -0.2) is 0 Å². The van der Waals surface area contributed by atoms with Gasteiger partial charge in [-0.15, -0.1) is 0 Å². The van der Waals surface area contributed by atoms with Crippen molar-refractivity contribution < 1.29 is 17.9 Å². The fourth-order valence-electron chi connectivity index (χ4n) is 3.28. The lowest BCUT2D eigenvalue weighted by molar-refractivity contribution is -0.137. The summed E-state index contributed by atoms with van der Waals surface area (Å²) in [6.45, 7) is 0.350. The molecule has 4 aromatic carbocycles. The number of rotatable bonds is 6. The summed E-state index contributed by atoms with van der Waals surface area (Å²) in [5, 5.41) is 6.72. The summed E-state index contributed by atoms with van der Waals surface area (Å²) >= 11 is 9.92. The number of benzene rings is 4. The molecule has 0 aromatic heterocycles. The van der Waals surface area contributed by atoms with Gasteiger partial charge in [0.1, 0.15) is 6.61 Å². The Labute approximate surface area is 202 Å². The van der Waals surface area contributed by atoms with Crippen molar-refractivity contribution in [2.75, 3.05) is 5.43 Å². The Bertz CT molecular complexity index is 1280. The molecule has 0 aliphatic carbocycles. The smallest absolute Gasteiger partial charge is 0.416 e. The zero-order valence-electron chi connectivity index (χ0n) is 17.0. The molecule has 0 aliphatic heterocycles. The Kier molecular flexibility index (Phi) is 6.91. The minimum absolute atomic E-state index is 0.350. The van der Waals surface area contributed by atoms with Gasteiger partial charge in [-0.1, -0.05) is 54.1 Å². The van der Waals surface area contributed by atoms with E-state index in [2.05, 4.69) is 38.6 Å². The van der Waals surface area contributed by atoms with E-state index in [4.69, 9.17) is 16.3 Å². The summed E-state index contributed by atoms with van der Waals surface area (Å²) in [5.41, 5.74) is 4.14. The van der Waals surface area contributed by atoms with Crippen molar-refractivity contribution in [2.45, 2.75) is 12.8 Å². The van der Waals surface area contributed by atoms with Crippen molar-refractivity contribution in [3.05, 3.63) is 105 Å². The number of nitrogens with one attached hydrogen (secondary N) is 1. The van der Waals surface area contributed by atoms with E-state index >= 15 is 0 Å². The first-order valence-electron chi connectivity index (χ1n) is 9.86. The number of hydrogen-bond donors (Lipinski definition) is 1. The van der Waals surface area contributed by atoms with Crippen LogP contribution in [0.3, 0.4) is 0 Å². The topological polar surface area (TPSA) is 33.6 Å². The second-order valence-electron chi connectivity index (χ2n) is 7.19. The standard InChI is InChI=1S/C25H17BrClF3N2O/c26-22-12-16(14-31-32-20-10-8-19(9-11-20)25(28,29)30)13-23(27)24(22)33-15-18-6-3-5-17-4-1-2-7-21(17)18/h1-14,32H,15H2/b31-14+. The number of hydrogen-bond acceptors (Lipinski definition) is 3. The zero-order chi connectivity index (χ0) is 23.4. The first-order valence-corrected chi connectivity index (χ1v) is 11.0. The molecule has 33 heavy (non-hydrogen) atoms. The van der Waals surface area contributed by atoms with Crippen LogP contribution in [0.4, 0.5) is 18.9 Å². The predicted octanol–water partition coefficient (Wildman–Crippen LogP) is 8.30. The molecular formula is C25H17BrClF3N2O. The minimum Gasteiger partial charge on any atom is -0.486 e. The van der Waals surface area contributed by atoms with Crippen LogP contribution in [-0.4, -0.2) is 6.21 Å². The summed E-state index contributed by atoms with van der Waals surface area (Å²) in [7, 11) is 0. The molecule has 168 valence electrons. The maximum Gasteiger partial charge on any atom is 0.416 e. The molecule has 1 N–H and O–H groups in total. The average molecular weight is 534 g/mol. The van der Waals surface area contributed by atoms with Gasteiger partial charge in [0.25, 0.3) is 0 Å². The Morgan fingerprint density at radius 2 is 1.70 bits per heavy atom. The molecule has 4 aromatic rings. The van der Waals surface area contributed by atoms with Gasteiger partial charge in [0.05, 0.1) is 27.0 Å². The number of ether oxygens (including phenoxy) is 1. The molecule has 0 bridgehead atoms. The minimum atomic E-state index is -4.37. The molecule has 0 fully saturated rings. The molecule has 0 aliphatic rings. The highest BCUT2D eigenvalue weighted by atomic mass is 79.9. The highest BCUT2D eigenvalue weighted by Crippen LogP contribution is 2.35. The van der Waals surface area contributed by atoms with E-state index in [1.165, 1.54) is 18.3 Å². The predicted molar refractivity (Wildman–Crippen MR) is 130 cm³/mol. The lowest BCUT2D eigenvalue weighted by atomic mass is 10.1. The van der Waals surface area contributed by atoms with Gasteiger partial charge < -0.3 is 4.74 Å². The van der Waals surface area contributed by atoms with Gasteiger partial charge in [0.15, 0.2) is 5.75 Å². The summed E-state index contributed by atoms with van der Waals surface area (Å²) in [6, 6.07) is 22.2. The Morgan fingerprint density at radius 1 is 0.970 bits per heavy atom. The van der Waals surface area contributed by atoms with Crippen LogP contribution in [0.15, 0.2) is 88.4 Å². The van der Waals surface area contributed by atoms with E-state index in [-0.39, 0.29) is 0 Å². The fourth-order valence-corrected chi connectivity index (χ4v) is 4.26. The second-order valence-corrected chi connectivity index (χ2v) is 8.45. The van der Waals surface area contributed by atoms with E-state index in [1.54, 1.807) is 12.1 Å². The van der Waals surface area contributed by atoms with Crippen molar-refractivity contribution in [2.24, 2.45) is 5.10 Å². The van der Waals surface area contributed by atoms with E-state index < -0.39 is 11.7 Å². The highest BCUT2D eigenvalue weighted by Gasteiger charge is 2.29. The van der Waals surface area contributed by atoms with Crippen LogP contribution in [0, 0.1) is 0 Å². The van der Waals surface area contributed by atoms with Gasteiger partial charge in [0, 0.05) is 0 Å². The molecule has 0 saturated heterocycles. The number of anilines is 1. The van der Waals surface area contributed by atoms with Crippen LogP contribution in [0.1, 0.15) is 16.7 Å². The Hall–Kier alpha value is -3.03. The van der Waals surface area contributed by atoms with Crippen LogP contribution in [0.2, 0.25) is 5.02 Å². The van der Waals surface area contributed by atoms with Crippen LogP contribution in [0.25, 0.3) is 10.8 Å². The van der Waals surface area contributed by atoms with E-state index in [1.807, 2.05) is 30.3 Å². The zero-order valence-corrected chi connectivity index (χ0v) is 19.4. The molecule has 0 unspecified atom stereocenters. The Balaban J connectivity index is 1.43. The van der Waals surface area contributed by atoms with Crippen LogP contribution >= 0.6 is 27.5 Å². The Morgan fingerprint density at radius 3 is 2.42 bits per heavy atom. The quantitative estimate of drug-likeness (QED) is 0.200. The third-order valence-electron chi connectivity index (χ3n) is 4.89. The largest absolute Gasteiger partial charge is 0.486 e. The molecule has 3 nitrogen and oxygen atoms in total. The van der Waals surface area contributed by atoms with Crippen molar-refractivity contribution in [3.8, 4) is 5.75 Å². The summed E-state index contributed by atoms with van der Waals surface area (Å²) in [5.74, 6) is 0.512. The number of halogens is 5. The van der Waals surface area contributed by atoms with Gasteiger partial charge >= 0.3 is 6.18 Å². The van der Waals surface area contributed by atoms with Crippen LogP contribution in [0.5, 0.6) is 5.75 Å². The average Bonchev–Trinajstić information content (AvgIpc) is 2.78. The molecule has 0 radical (unpaired) electrons. The third kappa shape index (κ3) is 5.67. The molecule has 0 amide bonds. The van der Waals surface area contributed by atoms with E-state index in [0.717, 1.165) is 28.5 Å². The van der Waals surface area contributed by atoms with Crippen molar-refractivity contribution >= 4 is 50.2 Å². The number of nitrogens with zero attached hydrogens (tertiary/aromatic N) is 1. The highest BCUT2D eigenvalue weighted by molar-refractivity contribution is 9.10. The molecule has 0 saturated carbocycles. The maximum atomic E-state index is 12.6. The molecule has 4 rings (SSSR count). The van der Waals surface area contributed by atoms with Crippen LogP contribution < -0.4 is 10.2 Å². The lowest BCUT2D eigenvalue weighted by Gasteiger charge is -2.12. The van der Waals surface area contributed by atoms with Crippen molar-refractivity contribution in [3.63, 3.8) is 0 Å². The molecular weight excluding hydrogens is 517 g/mol. The maximum absolute atomic E-state index is 12.6. The monoisotopic (exact) mass is 532 g/mol. The van der Waals surface area contributed by atoms with Gasteiger partial charge in [-0.2, -0.15) is 18.3 Å². The fraction of sp³-hybridized carbons (Fsp3) is 0.0800. The normalized spacial score (nSPS) is 11.8. The van der Waals surface area contributed by atoms with Crippen molar-refractivity contribution in [1.82, 2.24) is 0 Å². The van der Waals surface area contributed by atoms with Crippen LogP contribution in [-0.2, 0) is 12.8 Å². The SMILES string of the molecule is FC(F)(F)c1ccc(N/N=C/c2cc(Cl)c(OCc3cccc4ccccc34)c(Br)c2)cc1. The number of hydrazone groups is 1. The molecule has 0 spiro atoms. The lowest BCUT2D eigenvalue weighted by Crippen LogP contribution is -2.04. The van der Waals surface area contributed by atoms with Gasteiger partial charge in [0.2, 0.25) is 0 Å². The number of fused-ring (bicyclic) bond motifs is 1. The second kappa shape index (κ2) is 9.85. The van der Waals surface area contributed by atoms with Gasteiger partial charge in [-0.3, -0.25) is 5.43 Å². The first kappa shape index (κ1) is 23.1. The molecule has 0 atom stereocenters. The molecule has 8 heteroatoms. The van der Waals surface area contributed by atoms with E-state index in [0.29, 0.717) is 33.1 Å². The summed E-state index contributed by atoms with van der Waals surface area (Å²) < 4.78 is 44.6. The molecule has 0 heterocycles. The van der Waals surface area contributed by atoms with Gasteiger partial charge in [-0.05, 0) is 74.2 Å².